The quantitative estimate of drug-likeness (QED) is 0.527. The Morgan fingerprint density at radius 2 is 1.77 bits per heavy atom. The Morgan fingerprint density at radius 1 is 1.08 bits per heavy atom. The normalized spacial score (nSPS) is 10.6. The largest absolute Gasteiger partial charge is 0.490 e. The summed E-state index contributed by atoms with van der Waals surface area (Å²) in [5.74, 6) is 1.000. The van der Waals surface area contributed by atoms with E-state index in [1.807, 2.05) is 26.0 Å². The van der Waals surface area contributed by atoms with Crippen LogP contribution in [0.15, 0.2) is 47.6 Å². The minimum absolute atomic E-state index is 0.200. The molecule has 138 valence electrons. The van der Waals surface area contributed by atoms with E-state index in [2.05, 4.69) is 10.5 Å². The van der Waals surface area contributed by atoms with Crippen LogP contribution in [0.25, 0.3) is 0 Å². The van der Waals surface area contributed by atoms with Gasteiger partial charge in [0.1, 0.15) is 0 Å². The maximum atomic E-state index is 11.8. The van der Waals surface area contributed by atoms with Crippen LogP contribution in [0.2, 0.25) is 5.02 Å². The molecule has 0 aliphatic carbocycles. The molecule has 0 bridgehead atoms. The van der Waals surface area contributed by atoms with Gasteiger partial charge in [-0.1, -0.05) is 16.8 Å². The number of oxime groups is 1. The summed E-state index contributed by atoms with van der Waals surface area (Å²) in [6, 6.07) is 12.2. The number of anilines is 1. The molecular weight excluding hydrogens is 356 g/mol. The summed E-state index contributed by atoms with van der Waals surface area (Å²) in [5, 5.41) is 7.10. The number of benzene rings is 2. The van der Waals surface area contributed by atoms with Crippen molar-refractivity contribution < 1.29 is 19.1 Å². The number of amides is 1. The van der Waals surface area contributed by atoms with Crippen molar-refractivity contribution >= 4 is 29.4 Å². The van der Waals surface area contributed by atoms with Crippen LogP contribution in [-0.4, -0.2) is 31.9 Å². The molecule has 0 atom stereocenters. The zero-order chi connectivity index (χ0) is 18.8. The van der Waals surface area contributed by atoms with Crippen molar-refractivity contribution in [3.63, 3.8) is 0 Å². The van der Waals surface area contributed by atoms with E-state index in [1.54, 1.807) is 30.3 Å². The summed E-state index contributed by atoms with van der Waals surface area (Å²) >= 11 is 5.79. The molecule has 2 aromatic carbocycles. The molecule has 7 heteroatoms. The second-order valence-corrected chi connectivity index (χ2v) is 5.57. The molecule has 0 spiro atoms. The molecule has 0 unspecified atom stereocenters. The molecule has 1 N–H and O–H groups in total. The second kappa shape index (κ2) is 10.3. The number of carbonyl (C=O) groups is 1. The summed E-state index contributed by atoms with van der Waals surface area (Å²) in [7, 11) is 0. The molecule has 0 saturated carbocycles. The van der Waals surface area contributed by atoms with Crippen LogP contribution in [0, 0.1) is 0 Å². The predicted molar refractivity (Wildman–Crippen MR) is 102 cm³/mol. The number of hydrogen-bond donors (Lipinski definition) is 1. The fourth-order valence-corrected chi connectivity index (χ4v) is 2.20. The lowest BCUT2D eigenvalue weighted by molar-refractivity contribution is -0.120. The second-order valence-electron chi connectivity index (χ2n) is 5.14. The van der Waals surface area contributed by atoms with E-state index in [4.69, 9.17) is 25.9 Å². The van der Waals surface area contributed by atoms with Gasteiger partial charge in [0, 0.05) is 16.3 Å². The molecule has 0 heterocycles. The van der Waals surface area contributed by atoms with E-state index in [-0.39, 0.29) is 12.5 Å². The maximum Gasteiger partial charge on any atom is 0.265 e. The molecule has 2 aromatic rings. The molecule has 26 heavy (non-hydrogen) atoms. The molecule has 6 nitrogen and oxygen atoms in total. The van der Waals surface area contributed by atoms with Crippen LogP contribution < -0.4 is 14.8 Å². The van der Waals surface area contributed by atoms with Gasteiger partial charge in [0.05, 0.1) is 19.4 Å². The van der Waals surface area contributed by atoms with Crippen LogP contribution >= 0.6 is 11.6 Å². The maximum absolute atomic E-state index is 11.8. The fourth-order valence-electron chi connectivity index (χ4n) is 2.07. The summed E-state index contributed by atoms with van der Waals surface area (Å²) in [5.41, 5.74) is 1.41. The topological polar surface area (TPSA) is 69.2 Å². The van der Waals surface area contributed by atoms with Crippen LogP contribution in [-0.2, 0) is 9.63 Å². The van der Waals surface area contributed by atoms with Gasteiger partial charge in [0.15, 0.2) is 18.1 Å². The Balaban J connectivity index is 1.86. The molecule has 1 amide bonds. The van der Waals surface area contributed by atoms with E-state index < -0.39 is 0 Å². The van der Waals surface area contributed by atoms with Crippen LogP contribution in [0.5, 0.6) is 11.5 Å². The van der Waals surface area contributed by atoms with Crippen molar-refractivity contribution in [1.82, 2.24) is 0 Å². The summed E-state index contributed by atoms with van der Waals surface area (Å²) < 4.78 is 11.1. The number of halogens is 1. The average molecular weight is 377 g/mol. The molecule has 0 aliphatic rings. The van der Waals surface area contributed by atoms with Crippen molar-refractivity contribution in [3.05, 3.63) is 53.1 Å². The highest BCUT2D eigenvalue weighted by Crippen LogP contribution is 2.28. The number of rotatable bonds is 9. The first kappa shape index (κ1) is 19.6. The van der Waals surface area contributed by atoms with Crippen molar-refractivity contribution in [2.45, 2.75) is 13.8 Å². The first-order chi connectivity index (χ1) is 12.6. The number of nitrogens with zero attached hydrogens (tertiary/aromatic N) is 1. The van der Waals surface area contributed by atoms with Gasteiger partial charge in [-0.3, -0.25) is 4.79 Å². The monoisotopic (exact) mass is 376 g/mol. The van der Waals surface area contributed by atoms with E-state index >= 15 is 0 Å². The van der Waals surface area contributed by atoms with Gasteiger partial charge in [-0.15, -0.1) is 0 Å². The predicted octanol–water partition coefficient (Wildman–Crippen LogP) is 4.13. The average Bonchev–Trinajstić information content (AvgIpc) is 2.63. The minimum atomic E-state index is -0.314. The standard InChI is InChI=1S/C19H21ClN2O4/c1-3-24-17-10-5-14(11-18(17)25-4-2)12-21-26-13-19(23)22-16-8-6-15(20)7-9-16/h5-12H,3-4,13H2,1-2H3,(H,22,23)/b21-12+. The number of hydrogen-bond acceptors (Lipinski definition) is 5. The van der Waals surface area contributed by atoms with Gasteiger partial charge < -0.3 is 19.6 Å². The number of ether oxygens (including phenoxy) is 2. The van der Waals surface area contributed by atoms with Gasteiger partial charge in [-0.2, -0.15) is 0 Å². The third kappa shape index (κ3) is 6.29. The highest BCUT2D eigenvalue weighted by atomic mass is 35.5. The lowest BCUT2D eigenvalue weighted by atomic mass is 10.2. The Morgan fingerprint density at radius 3 is 2.46 bits per heavy atom. The number of nitrogens with one attached hydrogen (secondary N) is 1. The zero-order valence-corrected chi connectivity index (χ0v) is 15.5. The highest BCUT2D eigenvalue weighted by Gasteiger charge is 2.06. The molecular formula is C19H21ClN2O4. The van der Waals surface area contributed by atoms with E-state index in [0.29, 0.717) is 35.4 Å². The van der Waals surface area contributed by atoms with Gasteiger partial charge in [-0.05, 0) is 56.3 Å². The van der Waals surface area contributed by atoms with Crippen LogP contribution in [0.1, 0.15) is 19.4 Å². The van der Waals surface area contributed by atoms with Gasteiger partial charge in [-0.25, -0.2) is 0 Å². The van der Waals surface area contributed by atoms with Crippen molar-refractivity contribution in [2.24, 2.45) is 5.16 Å². The van der Waals surface area contributed by atoms with Crippen molar-refractivity contribution in [1.29, 1.82) is 0 Å². The van der Waals surface area contributed by atoms with Gasteiger partial charge >= 0.3 is 0 Å². The summed E-state index contributed by atoms with van der Waals surface area (Å²) in [6.07, 6.45) is 1.51. The smallest absolute Gasteiger partial charge is 0.265 e. The molecule has 0 radical (unpaired) electrons. The lowest BCUT2D eigenvalue weighted by Crippen LogP contribution is -2.16. The van der Waals surface area contributed by atoms with E-state index in [1.165, 1.54) is 6.21 Å². The Kier molecular flexibility index (Phi) is 7.76. The number of carbonyl (C=O) groups excluding carboxylic acids is 1. The fraction of sp³-hybridized carbons (Fsp3) is 0.263. The minimum Gasteiger partial charge on any atom is -0.490 e. The third-order valence-electron chi connectivity index (χ3n) is 3.17. The van der Waals surface area contributed by atoms with Crippen molar-refractivity contribution in [3.8, 4) is 11.5 Å². The first-order valence-electron chi connectivity index (χ1n) is 8.22. The van der Waals surface area contributed by atoms with Gasteiger partial charge in [0.2, 0.25) is 0 Å². The summed E-state index contributed by atoms with van der Waals surface area (Å²) in [6.45, 7) is 4.70. The van der Waals surface area contributed by atoms with Crippen LogP contribution in [0.3, 0.4) is 0 Å². The highest BCUT2D eigenvalue weighted by molar-refractivity contribution is 6.30. The molecule has 0 aromatic heterocycles. The third-order valence-corrected chi connectivity index (χ3v) is 3.42. The molecule has 2 rings (SSSR count). The zero-order valence-electron chi connectivity index (χ0n) is 14.7. The molecule has 0 fully saturated rings. The van der Waals surface area contributed by atoms with Crippen LogP contribution in [0.4, 0.5) is 5.69 Å². The first-order valence-corrected chi connectivity index (χ1v) is 8.60. The van der Waals surface area contributed by atoms with E-state index in [0.717, 1.165) is 5.56 Å². The lowest BCUT2D eigenvalue weighted by Gasteiger charge is -2.11. The Labute approximate surface area is 157 Å². The van der Waals surface area contributed by atoms with Gasteiger partial charge in [0.25, 0.3) is 5.91 Å². The summed E-state index contributed by atoms with van der Waals surface area (Å²) in [4.78, 5) is 16.8. The van der Waals surface area contributed by atoms with E-state index in [9.17, 15) is 4.79 Å². The molecule has 0 saturated heterocycles. The molecule has 0 aliphatic heterocycles. The Hall–Kier alpha value is -2.73. The van der Waals surface area contributed by atoms with Crippen molar-refractivity contribution in [2.75, 3.05) is 25.1 Å². The Bertz CT molecular complexity index is 748. The SMILES string of the molecule is CCOc1ccc(/C=N/OCC(=O)Nc2ccc(Cl)cc2)cc1OCC.